The number of carbonyl (C=O) groups is 3. The Morgan fingerprint density at radius 2 is 0.482 bits per heavy atom. The zero-order chi connectivity index (χ0) is 59.9. The zero-order valence-corrected chi connectivity index (χ0v) is 54.7. The molecule has 1 unspecified atom stereocenters. The minimum atomic E-state index is -0.785. The third kappa shape index (κ3) is 68.7. The molecule has 1 atom stereocenters. The number of hydrogen-bond acceptors (Lipinski definition) is 6. The second-order valence-corrected chi connectivity index (χ2v) is 23.4. The SMILES string of the molecule is CC/C=C\C/C=C\C/C=C\C/C=C\C/C=C\C/C=C\CCCCCCCCCCCCCCCCC(=O)OCC(COC(=O)CCCCCCC/C=C\CCCC)OC(=O)CCCCCCCCCCC/C=C\C/C=C\CCCCCCC. The average molecular weight is 1150 g/mol. The van der Waals surface area contributed by atoms with Gasteiger partial charge >= 0.3 is 17.9 Å². The second-order valence-electron chi connectivity index (χ2n) is 23.4. The van der Waals surface area contributed by atoms with E-state index in [0.29, 0.717) is 19.3 Å². The van der Waals surface area contributed by atoms with Gasteiger partial charge in [0.05, 0.1) is 0 Å². The maximum atomic E-state index is 12.9. The largest absolute Gasteiger partial charge is 0.462 e. The van der Waals surface area contributed by atoms with Crippen molar-refractivity contribution in [2.75, 3.05) is 13.2 Å². The summed E-state index contributed by atoms with van der Waals surface area (Å²) in [7, 11) is 0. The van der Waals surface area contributed by atoms with Crippen molar-refractivity contribution in [3.05, 3.63) is 109 Å². The first-order chi connectivity index (χ1) is 41.0. The van der Waals surface area contributed by atoms with Crippen molar-refractivity contribution < 1.29 is 28.6 Å². The first-order valence-corrected chi connectivity index (χ1v) is 35.4. The number of rotatable bonds is 64. The molecule has 0 aliphatic heterocycles. The molecule has 0 amide bonds. The Morgan fingerprint density at radius 3 is 0.783 bits per heavy atom. The van der Waals surface area contributed by atoms with E-state index in [1.807, 2.05) is 0 Å². The van der Waals surface area contributed by atoms with Crippen molar-refractivity contribution >= 4 is 17.9 Å². The summed E-state index contributed by atoms with van der Waals surface area (Å²) in [5.74, 6) is -0.883. The fourth-order valence-electron chi connectivity index (χ4n) is 9.93. The second kappa shape index (κ2) is 70.6. The van der Waals surface area contributed by atoms with E-state index in [2.05, 4.69) is 130 Å². The molecule has 0 bridgehead atoms. The molecule has 0 aromatic rings. The van der Waals surface area contributed by atoms with Gasteiger partial charge in [-0.2, -0.15) is 0 Å². The number of ether oxygens (including phenoxy) is 3. The van der Waals surface area contributed by atoms with Crippen LogP contribution in [-0.2, 0) is 28.6 Å². The summed E-state index contributed by atoms with van der Waals surface area (Å²) in [5, 5.41) is 0. The molecule has 0 N–H and O–H groups in total. The van der Waals surface area contributed by atoms with Crippen LogP contribution >= 0.6 is 0 Å². The summed E-state index contributed by atoms with van der Waals surface area (Å²) in [6, 6.07) is 0. The van der Waals surface area contributed by atoms with Crippen LogP contribution in [0.5, 0.6) is 0 Å². The summed E-state index contributed by atoms with van der Waals surface area (Å²) in [6.45, 7) is 6.50. The molecule has 0 rings (SSSR count). The summed E-state index contributed by atoms with van der Waals surface area (Å²) in [5.41, 5.74) is 0. The van der Waals surface area contributed by atoms with Gasteiger partial charge in [-0.05, 0) is 122 Å². The Bertz CT molecular complexity index is 1660. The lowest BCUT2D eigenvalue weighted by molar-refractivity contribution is -0.167. The Balaban J connectivity index is 4.19. The summed E-state index contributed by atoms with van der Waals surface area (Å²) in [4.78, 5) is 38.4. The predicted molar refractivity (Wildman–Crippen MR) is 362 cm³/mol. The molecule has 0 radical (unpaired) electrons. The van der Waals surface area contributed by atoms with Crippen molar-refractivity contribution in [3.63, 3.8) is 0 Å². The highest BCUT2D eigenvalue weighted by molar-refractivity contribution is 5.71. The van der Waals surface area contributed by atoms with E-state index < -0.39 is 6.10 Å². The van der Waals surface area contributed by atoms with Gasteiger partial charge in [0.15, 0.2) is 6.10 Å². The van der Waals surface area contributed by atoms with Gasteiger partial charge in [0, 0.05) is 19.3 Å². The fourth-order valence-corrected chi connectivity index (χ4v) is 9.93. The van der Waals surface area contributed by atoms with Gasteiger partial charge in [-0.25, -0.2) is 0 Å². The molecule has 0 saturated carbocycles. The number of allylic oxidation sites excluding steroid dienone is 18. The van der Waals surface area contributed by atoms with Crippen LogP contribution in [0.4, 0.5) is 0 Å². The molecule has 0 saturated heterocycles. The number of esters is 3. The highest BCUT2D eigenvalue weighted by Gasteiger charge is 2.19. The van der Waals surface area contributed by atoms with Crippen LogP contribution in [0, 0.1) is 0 Å². The van der Waals surface area contributed by atoms with Crippen LogP contribution in [0.2, 0.25) is 0 Å². The Morgan fingerprint density at radius 1 is 0.253 bits per heavy atom. The van der Waals surface area contributed by atoms with Gasteiger partial charge in [0.1, 0.15) is 13.2 Å². The van der Waals surface area contributed by atoms with E-state index in [9.17, 15) is 14.4 Å². The normalized spacial score (nSPS) is 12.8. The van der Waals surface area contributed by atoms with Gasteiger partial charge < -0.3 is 14.2 Å². The summed E-state index contributed by atoms with van der Waals surface area (Å²) in [6.07, 6.45) is 96.9. The van der Waals surface area contributed by atoms with Gasteiger partial charge in [0.2, 0.25) is 0 Å². The van der Waals surface area contributed by atoms with Crippen LogP contribution in [0.3, 0.4) is 0 Å². The highest BCUT2D eigenvalue weighted by atomic mass is 16.6. The molecule has 6 heteroatoms. The predicted octanol–water partition coefficient (Wildman–Crippen LogP) is 24.6. The molecule has 0 spiro atoms. The van der Waals surface area contributed by atoms with E-state index in [4.69, 9.17) is 14.2 Å². The van der Waals surface area contributed by atoms with Crippen LogP contribution < -0.4 is 0 Å². The average Bonchev–Trinajstić information content (AvgIpc) is 3.48. The Hall–Kier alpha value is -3.93. The van der Waals surface area contributed by atoms with Crippen molar-refractivity contribution in [3.8, 4) is 0 Å². The minimum Gasteiger partial charge on any atom is -0.462 e. The molecule has 0 fully saturated rings. The van der Waals surface area contributed by atoms with Crippen molar-refractivity contribution in [2.45, 2.75) is 348 Å². The van der Waals surface area contributed by atoms with Crippen LogP contribution in [0.15, 0.2) is 109 Å². The van der Waals surface area contributed by atoms with Gasteiger partial charge in [-0.1, -0.05) is 310 Å². The van der Waals surface area contributed by atoms with E-state index in [1.54, 1.807) is 0 Å². The van der Waals surface area contributed by atoms with E-state index >= 15 is 0 Å². The first kappa shape index (κ1) is 79.1. The van der Waals surface area contributed by atoms with Crippen molar-refractivity contribution in [2.24, 2.45) is 0 Å². The van der Waals surface area contributed by atoms with Gasteiger partial charge in [-0.3, -0.25) is 14.4 Å². The monoisotopic (exact) mass is 1150 g/mol. The van der Waals surface area contributed by atoms with Gasteiger partial charge in [-0.15, -0.1) is 0 Å². The standard InChI is InChI=1S/C77H132O6/c1-4-7-10-13-16-19-22-24-26-28-30-32-33-34-35-36-37-38-39-40-41-42-43-45-46-48-50-52-55-58-61-64-67-70-76(79)82-73-74(72-81-75(78)69-66-63-60-57-54-21-18-15-12-9-6-3)83-77(80)71-68-65-62-59-56-53-51-49-47-44-31-29-27-25-23-20-17-14-11-8-5-2/h7,10,15-16,18-19,23-26,29-32,34-35,37-38,74H,4-6,8-9,11-14,17,20-22,27-28,33,36,39-73H2,1-3H3/b10-7-,18-15-,19-16-,25-23-,26-24-,31-29-,32-30-,35-34-,38-37-. The Kier molecular flexibility index (Phi) is 67.2. The topological polar surface area (TPSA) is 78.9 Å². The molecule has 83 heavy (non-hydrogen) atoms. The summed E-state index contributed by atoms with van der Waals surface area (Å²) >= 11 is 0. The minimum absolute atomic E-state index is 0.0806. The number of carbonyl (C=O) groups excluding carboxylic acids is 3. The molecule has 476 valence electrons. The maximum absolute atomic E-state index is 12.9. The third-order valence-corrected chi connectivity index (χ3v) is 15.2. The molecular formula is C77H132O6. The molecule has 0 aromatic heterocycles. The van der Waals surface area contributed by atoms with E-state index in [0.717, 1.165) is 109 Å². The van der Waals surface area contributed by atoms with Crippen LogP contribution in [0.25, 0.3) is 0 Å². The third-order valence-electron chi connectivity index (χ3n) is 15.2. The summed E-state index contributed by atoms with van der Waals surface area (Å²) < 4.78 is 16.9. The number of hydrogen-bond donors (Lipinski definition) is 0. The lowest BCUT2D eigenvalue weighted by Gasteiger charge is -2.18. The molecule has 0 aliphatic rings. The Labute approximate surface area is 514 Å². The fraction of sp³-hybridized carbons (Fsp3) is 0.727. The first-order valence-electron chi connectivity index (χ1n) is 35.4. The highest BCUT2D eigenvalue weighted by Crippen LogP contribution is 2.17. The van der Waals surface area contributed by atoms with Gasteiger partial charge in [0.25, 0.3) is 0 Å². The molecular weight excluding hydrogens is 1020 g/mol. The quantitative estimate of drug-likeness (QED) is 0.0261. The van der Waals surface area contributed by atoms with Crippen LogP contribution in [0.1, 0.15) is 342 Å². The smallest absolute Gasteiger partial charge is 0.306 e. The van der Waals surface area contributed by atoms with Crippen LogP contribution in [-0.4, -0.2) is 37.2 Å². The molecule has 0 heterocycles. The lowest BCUT2D eigenvalue weighted by Crippen LogP contribution is -2.30. The van der Waals surface area contributed by atoms with Crippen molar-refractivity contribution in [1.29, 1.82) is 0 Å². The number of unbranched alkanes of at least 4 members (excludes halogenated alkanes) is 35. The molecule has 0 aromatic carbocycles. The van der Waals surface area contributed by atoms with Crippen molar-refractivity contribution in [1.82, 2.24) is 0 Å². The van der Waals surface area contributed by atoms with E-state index in [-0.39, 0.29) is 31.1 Å². The maximum Gasteiger partial charge on any atom is 0.306 e. The lowest BCUT2D eigenvalue weighted by atomic mass is 10.0. The molecule has 0 aliphatic carbocycles. The molecule has 6 nitrogen and oxygen atoms in total. The van der Waals surface area contributed by atoms with E-state index in [1.165, 1.54) is 193 Å². The zero-order valence-electron chi connectivity index (χ0n) is 54.7.